The Morgan fingerprint density at radius 3 is 2.73 bits per heavy atom. The molecule has 0 spiro atoms. The highest BCUT2D eigenvalue weighted by Gasteiger charge is 2.42. The Bertz CT molecular complexity index is 171. The molecule has 0 aliphatic heterocycles. The topological polar surface area (TPSA) is 72.5 Å². The standard InChI is InChI=1S/C7H13NO3/c1-11-5-2-3-7(8,4-5)6(9)10/h5H,2-4,8H2,1H3,(H,9,10)/t5-,7+/m0/s1. The molecule has 64 valence electrons. The van der Waals surface area contributed by atoms with E-state index in [1.54, 1.807) is 7.11 Å². The van der Waals surface area contributed by atoms with Crippen molar-refractivity contribution in [2.75, 3.05) is 7.11 Å². The minimum Gasteiger partial charge on any atom is -0.480 e. The first-order chi connectivity index (χ1) is 5.08. The first-order valence-corrected chi connectivity index (χ1v) is 3.63. The van der Waals surface area contributed by atoms with Crippen LogP contribution in [0.15, 0.2) is 0 Å². The Morgan fingerprint density at radius 1 is 1.82 bits per heavy atom. The third-order valence-corrected chi connectivity index (χ3v) is 2.26. The van der Waals surface area contributed by atoms with E-state index in [9.17, 15) is 4.79 Å². The van der Waals surface area contributed by atoms with Gasteiger partial charge in [0.2, 0.25) is 0 Å². The second-order valence-electron chi connectivity index (χ2n) is 3.06. The molecule has 0 amide bonds. The fraction of sp³-hybridized carbons (Fsp3) is 0.857. The van der Waals surface area contributed by atoms with Crippen molar-refractivity contribution in [3.63, 3.8) is 0 Å². The van der Waals surface area contributed by atoms with Crippen molar-refractivity contribution in [2.45, 2.75) is 30.9 Å². The van der Waals surface area contributed by atoms with Gasteiger partial charge in [-0.05, 0) is 12.8 Å². The monoisotopic (exact) mass is 159 g/mol. The lowest BCUT2D eigenvalue weighted by Gasteiger charge is -2.17. The van der Waals surface area contributed by atoms with Crippen LogP contribution in [0.5, 0.6) is 0 Å². The first kappa shape index (κ1) is 8.49. The van der Waals surface area contributed by atoms with Gasteiger partial charge in [0.15, 0.2) is 0 Å². The van der Waals surface area contributed by atoms with Crippen molar-refractivity contribution < 1.29 is 14.6 Å². The van der Waals surface area contributed by atoms with E-state index < -0.39 is 11.5 Å². The second kappa shape index (κ2) is 2.79. The van der Waals surface area contributed by atoms with E-state index in [1.807, 2.05) is 0 Å². The molecule has 1 aliphatic carbocycles. The molecule has 11 heavy (non-hydrogen) atoms. The van der Waals surface area contributed by atoms with Gasteiger partial charge in [-0.2, -0.15) is 0 Å². The lowest BCUT2D eigenvalue weighted by Crippen LogP contribution is -2.45. The molecule has 0 unspecified atom stereocenters. The summed E-state index contributed by atoms with van der Waals surface area (Å²) in [5, 5.41) is 8.71. The number of nitrogens with two attached hydrogens (primary N) is 1. The Hall–Kier alpha value is -0.610. The summed E-state index contributed by atoms with van der Waals surface area (Å²) in [7, 11) is 1.58. The molecule has 0 radical (unpaired) electrons. The van der Waals surface area contributed by atoms with Gasteiger partial charge >= 0.3 is 5.97 Å². The maximum atomic E-state index is 10.6. The number of hydrogen-bond donors (Lipinski definition) is 2. The summed E-state index contributed by atoms with van der Waals surface area (Å²) in [4.78, 5) is 10.6. The van der Waals surface area contributed by atoms with Gasteiger partial charge in [0.1, 0.15) is 5.54 Å². The van der Waals surface area contributed by atoms with Crippen LogP contribution in [0.2, 0.25) is 0 Å². The smallest absolute Gasteiger partial charge is 0.323 e. The van der Waals surface area contributed by atoms with Crippen LogP contribution in [0.1, 0.15) is 19.3 Å². The summed E-state index contributed by atoms with van der Waals surface area (Å²) < 4.78 is 5.01. The van der Waals surface area contributed by atoms with Gasteiger partial charge in [-0.1, -0.05) is 0 Å². The predicted octanol–water partition coefficient (Wildman–Crippen LogP) is -0.0326. The lowest BCUT2D eigenvalue weighted by molar-refractivity contribution is -0.143. The van der Waals surface area contributed by atoms with Crippen molar-refractivity contribution in [1.82, 2.24) is 0 Å². The van der Waals surface area contributed by atoms with Gasteiger partial charge in [0.25, 0.3) is 0 Å². The molecule has 0 aromatic carbocycles. The van der Waals surface area contributed by atoms with Crippen LogP contribution in [-0.2, 0) is 9.53 Å². The van der Waals surface area contributed by atoms with Crippen LogP contribution in [0.3, 0.4) is 0 Å². The molecule has 0 bridgehead atoms. The summed E-state index contributed by atoms with van der Waals surface area (Å²) in [6.45, 7) is 0. The van der Waals surface area contributed by atoms with E-state index in [1.165, 1.54) is 0 Å². The maximum absolute atomic E-state index is 10.6. The summed E-state index contributed by atoms with van der Waals surface area (Å²) in [6.07, 6.45) is 1.72. The zero-order chi connectivity index (χ0) is 8.48. The number of hydrogen-bond acceptors (Lipinski definition) is 3. The van der Waals surface area contributed by atoms with Crippen molar-refractivity contribution in [1.29, 1.82) is 0 Å². The van der Waals surface area contributed by atoms with Crippen LogP contribution in [0, 0.1) is 0 Å². The summed E-state index contributed by atoms with van der Waals surface area (Å²) in [6, 6.07) is 0. The van der Waals surface area contributed by atoms with Gasteiger partial charge < -0.3 is 15.6 Å². The fourth-order valence-electron chi connectivity index (χ4n) is 1.42. The number of carbonyl (C=O) groups is 1. The van der Waals surface area contributed by atoms with Gasteiger partial charge in [0.05, 0.1) is 6.10 Å². The lowest BCUT2D eigenvalue weighted by atomic mass is 10.00. The summed E-state index contributed by atoms with van der Waals surface area (Å²) in [5.74, 6) is -0.919. The molecule has 2 atom stereocenters. The normalized spacial score (nSPS) is 37.5. The fourth-order valence-corrected chi connectivity index (χ4v) is 1.42. The van der Waals surface area contributed by atoms with Gasteiger partial charge in [-0.3, -0.25) is 4.79 Å². The highest BCUT2D eigenvalue weighted by Crippen LogP contribution is 2.29. The molecule has 4 nitrogen and oxygen atoms in total. The van der Waals surface area contributed by atoms with Gasteiger partial charge in [-0.15, -0.1) is 0 Å². The SMILES string of the molecule is CO[C@H]1CC[C@](N)(C(=O)O)C1. The Morgan fingerprint density at radius 2 is 2.45 bits per heavy atom. The zero-order valence-corrected chi connectivity index (χ0v) is 6.54. The number of aliphatic carboxylic acids is 1. The van der Waals surface area contributed by atoms with Crippen molar-refractivity contribution in [2.24, 2.45) is 5.73 Å². The van der Waals surface area contributed by atoms with Gasteiger partial charge in [0, 0.05) is 13.5 Å². The number of carboxylic acid groups (broad SMARTS) is 1. The van der Waals surface area contributed by atoms with E-state index in [2.05, 4.69) is 0 Å². The average Bonchev–Trinajstić information content (AvgIpc) is 2.33. The van der Waals surface area contributed by atoms with E-state index in [4.69, 9.17) is 15.6 Å². The van der Waals surface area contributed by atoms with E-state index >= 15 is 0 Å². The molecule has 1 rings (SSSR count). The highest BCUT2D eigenvalue weighted by atomic mass is 16.5. The zero-order valence-electron chi connectivity index (χ0n) is 6.54. The molecular formula is C7H13NO3. The molecule has 0 aromatic rings. The van der Waals surface area contributed by atoms with Crippen molar-refractivity contribution in [3.8, 4) is 0 Å². The Balaban J connectivity index is 2.57. The Kier molecular flexibility index (Phi) is 2.15. The second-order valence-corrected chi connectivity index (χ2v) is 3.06. The van der Waals surface area contributed by atoms with E-state index in [0.29, 0.717) is 12.8 Å². The van der Waals surface area contributed by atoms with Crippen molar-refractivity contribution in [3.05, 3.63) is 0 Å². The maximum Gasteiger partial charge on any atom is 0.323 e. The molecular weight excluding hydrogens is 146 g/mol. The first-order valence-electron chi connectivity index (χ1n) is 3.63. The van der Waals surface area contributed by atoms with Crippen LogP contribution in [-0.4, -0.2) is 29.8 Å². The van der Waals surface area contributed by atoms with Crippen molar-refractivity contribution >= 4 is 5.97 Å². The Labute approximate surface area is 65.3 Å². The molecule has 1 aliphatic rings. The number of ether oxygens (including phenoxy) is 1. The number of rotatable bonds is 2. The van der Waals surface area contributed by atoms with E-state index in [0.717, 1.165) is 6.42 Å². The number of methoxy groups -OCH3 is 1. The third kappa shape index (κ3) is 1.52. The quantitative estimate of drug-likeness (QED) is 0.593. The van der Waals surface area contributed by atoms with Crippen LogP contribution < -0.4 is 5.73 Å². The van der Waals surface area contributed by atoms with Gasteiger partial charge in [-0.25, -0.2) is 0 Å². The molecule has 0 saturated heterocycles. The minimum absolute atomic E-state index is 0.0242. The number of carboxylic acids is 1. The van der Waals surface area contributed by atoms with Crippen LogP contribution in [0.25, 0.3) is 0 Å². The van der Waals surface area contributed by atoms with E-state index in [-0.39, 0.29) is 6.10 Å². The summed E-state index contributed by atoms with van der Waals surface area (Å²) in [5.41, 5.74) is 4.55. The average molecular weight is 159 g/mol. The third-order valence-electron chi connectivity index (χ3n) is 2.26. The molecule has 0 aromatic heterocycles. The molecule has 3 N–H and O–H groups in total. The largest absolute Gasteiger partial charge is 0.480 e. The molecule has 0 heterocycles. The van der Waals surface area contributed by atoms with Crippen LogP contribution in [0.4, 0.5) is 0 Å². The molecule has 4 heteroatoms. The highest BCUT2D eigenvalue weighted by molar-refractivity contribution is 5.78. The molecule has 1 saturated carbocycles. The van der Waals surface area contributed by atoms with Crippen LogP contribution >= 0.6 is 0 Å². The minimum atomic E-state index is -1.04. The summed E-state index contributed by atoms with van der Waals surface area (Å²) >= 11 is 0. The predicted molar refractivity (Wildman–Crippen MR) is 39.2 cm³/mol. The molecule has 1 fully saturated rings.